The maximum absolute atomic E-state index is 10.6. The molecular weight excluding hydrogens is 314 g/mol. The van der Waals surface area contributed by atoms with Crippen molar-refractivity contribution in [3.05, 3.63) is 18.5 Å². The second kappa shape index (κ2) is 11.8. The molecule has 3 rings (SSSR count). The number of pyridine rings is 1. The maximum atomic E-state index is 10.6. The number of rotatable bonds is 2. The second-order valence-electron chi connectivity index (χ2n) is 6.50. The Labute approximate surface area is 153 Å². The van der Waals surface area contributed by atoms with Gasteiger partial charge in [-0.25, -0.2) is 0 Å². The van der Waals surface area contributed by atoms with Gasteiger partial charge in [0.25, 0.3) is 0 Å². The summed E-state index contributed by atoms with van der Waals surface area (Å²) in [4.78, 5) is 21.5. The van der Waals surface area contributed by atoms with Gasteiger partial charge in [0.1, 0.15) is 6.29 Å². The molecule has 0 aliphatic carbocycles. The Hall–Kier alpha value is -1.66. The molecule has 0 aromatic carbocycles. The molecule has 3 heterocycles. The number of hydrogen-bond donors (Lipinski definition) is 1. The van der Waals surface area contributed by atoms with Crippen molar-refractivity contribution in [2.45, 2.75) is 26.7 Å². The van der Waals surface area contributed by atoms with E-state index in [-0.39, 0.29) is 5.92 Å². The zero-order valence-corrected chi connectivity index (χ0v) is 16.3. The first-order valence-corrected chi connectivity index (χ1v) is 9.37. The minimum atomic E-state index is 0.226. The van der Waals surface area contributed by atoms with E-state index in [0.717, 1.165) is 37.9 Å². The van der Waals surface area contributed by atoms with E-state index < -0.39 is 0 Å². The standard InChI is InChI=1S/C11H15N3O.C6H14N2.C2H6/c12-10-7-13-4-1-11(10)14-5-2-9(8-15)3-6-14;1-7-3-5-8(2)6-4-7;1-2/h1,4,7-9H,2-3,5-6,12H2;3-6H2,1-2H3;1-2H3. The van der Waals surface area contributed by atoms with E-state index in [1.165, 1.54) is 26.2 Å². The Morgan fingerprint density at radius 1 is 1.04 bits per heavy atom. The monoisotopic (exact) mass is 349 g/mol. The molecule has 2 N–H and O–H groups in total. The topological polar surface area (TPSA) is 65.7 Å². The van der Waals surface area contributed by atoms with Crippen LogP contribution in [0, 0.1) is 5.92 Å². The molecule has 0 saturated carbocycles. The van der Waals surface area contributed by atoms with Crippen molar-refractivity contribution in [1.29, 1.82) is 0 Å². The molecule has 2 aliphatic rings. The van der Waals surface area contributed by atoms with Crippen LogP contribution < -0.4 is 10.6 Å². The van der Waals surface area contributed by atoms with Crippen molar-refractivity contribution < 1.29 is 4.79 Å². The average Bonchev–Trinajstić information content (AvgIpc) is 2.67. The third-order valence-electron chi connectivity index (χ3n) is 4.63. The molecule has 0 radical (unpaired) electrons. The average molecular weight is 350 g/mol. The first kappa shape index (κ1) is 21.4. The molecule has 6 heteroatoms. The van der Waals surface area contributed by atoms with Crippen molar-refractivity contribution >= 4 is 17.7 Å². The summed E-state index contributed by atoms with van der Waals surface area (Å²) in [5.41, 5.74) is 7.59. The van der Waals surface area contributed by atoms with E-state index in [1.54, 1.807) is 12.4 Å². The van der Waals surface area contributed by atoms with Gasteiger partial charge >= 0.3 is 0 Å². The van der Waals surface area contributed by atoms with Gasteiger partial charge in [-0.05, 0) is 33.0 Å². The number of nitrogen functional groups attached to an aromatic ring is 1. The number of anilines is 2. The van der Waals surface area contributed by atoms with Gasteiger partial charge in [-0.1, -0.05) is 13.8 Å². The van der Waals surface area contributed by atoms with Crippen LogP contribution in [0.2, 0.25) is 0 Å². The normalized spacial score (nSPS) is 19.3. The molecule has 0 unspecified atom stereocenters. The lowest BCUT2D eigenvalue weighted by Gasteiger charge is -2.32. The zero-order valence-electron chi connectivity index (χ0n) is 16.3. The predicted octanol–water partition coefficient (Wildman–Crippen LogP) is 1.97. The van der Waals surface area contributed by atoms with Crippen LogP contribution in [0.5, 0.6) is 0 Å². The Morgan fingerprint density at radius 2 is 1.56 bits per heavy atom. The summed E-state index contributed by atoms with van der Waals surface area (Å²) in [6, 6.07) is 1.93. The highest BCUT2D eigenvalue weighted by Gasteiger charge is 2.19. The summed E-state index contributed by atoms with van der Waals surface area (Å²) >= 11 is 0. The van der Waals surface area contributed by atoms with Crippen molar-refractivity contribution in [2.24, 2.45) is 5.92 Å². The Bertz CT molecular complexity index is 470. The van der Waals surface area contributed by atoms with Crippen molar-refractivity contribution in [2.75, 3.05) is 64.0 Å². The highest BCUT2D eigenvalue weighted by Crippen LogP contribution is 2.26. The lowest BCUT2D eigenvalue weighted by Crippen LogP contribution is -2.42. The smallest absolute Gasteiger partial charge is 0.123 e. The molecule has 2 aliphatic heterocycles. The van der Waals surface area contributed by atoms with E-state index >= 15 is 0 Å². The highest BCUT2D eigenvalue weighted by molar-refractivity contribution is 5.66. The third-order valence-corrected chi connectivity index (χ3v) is 4.63. The lowest BCUT2D eigenvalue weighted by atomic mass is 9.98. The number of piperidine rings is 1. The molecule has 2 saturated heterocycles. The van der Waals surface area contributed by atoms with Crippen LogP contribution in [0.1, 0.15) is 26.7 Å². The van der Waals surface area contributed by atoms with Crippen LogP contribution >= 0.6 is 0 Å². The van der Waals surface area contributed by atoms with Gasteiger partial charge in [0.2, 0.25) is 0 Å². The molecule has 6 nitrogen and oxygen atoms in total. The largest absolute Gasteiger partial charge is 0.396 e. The molecule has 0 spiro atoms. The van der Waals surface area contributed by atoms with Gasteiger partial charge in [0, 0.05) is 51.4 Å². The van der Waals surface area contributed by atoms with Crippen LogP contribution in [0.15, 0.2) is 18.5 Å². The fraction of sp³-hybridized carbons (Fsp3) is 0.684. The fourth-order valence-corrected chi connectivity index (χ4v) is 2.87. The molecule has 0 atom stereocenters. The highest BCUT2D eigenvalue weighted by atomic mass is 16.1. The summed E-state index contributed by atoms with van der Waals surface area (Å²) in [6.07, 6.45) is 6.32. The number of aldehydes is 1. The Kier molecular flexibility index (Phi) is 10.1. The number of carbonyl (C=O) groups excluding carboxylic acids is 1. The van der Waals surface area contributed by atoms with Crippen LogP contribution in [-0.4, -0.2) is 74.4 Å². The van der Waals surface area contributed by atoms with Crippen LogP contribution in [0.4, 0.5) is 11.4 Å². The zero-order chi connectivity index (χ0) is 18.7. The van der Waals surface area contributed by atoms with Crippen LogP contribution in [0.25, 0.3) is 0 Å². The molecule has 2 fully saturated rings. The summed E-state index contributed by atoms with van der Waals surface area (Å²) in [7, 11) is 4.35. The lowest BCUT2D eigenvalue weighted by molar-refractivity contribution is -0.111. The summed E-state index contributed by atoms with van der Waals surface area (Å²) in [5.74, 6) is 0.226. The number of nitrogens with two attached hydrogens (primary N) is 1. The number of likely N-dealkylation sites (N-methyl/N-ethyl adjacent to an activating group) is 2. The number of piperazine rings is 1. The van der Waals surface area contributed by atoms with Crippen LogP contribution in [-0.2, 0) is 4.79 Å². The molecule has 0 amide bonds. The van der Waals surface area contributed by atoms with Gasteiger partial charge in [-0.2, -0.15) is 0 Å². The fourth-order valence-electron chi connectivity index (χ4n) is 2.87. The minimum Gasteiger partial charge on any atom is -0.396 e. The van der Waals surface area contributed by atoms with Gasteiger partial charge in [-0.3, -0.25) is 4.98 Å². The van der Waals surface area contributed by atoms with E-state index in [0.29, 0.717) is 5.69 Å². The molecule has 1 aromatic rings. The Morgan fingerprint density at radius 3 is 2.00 bits per heavy atom. The van der Waals surface area contributed by atoms with Gasteiger partial charge in [0.15, 0.2) is 0 Å². The number of carbonyl (C=O) groups is 1. The van der Waals surface area contributed by atoms with Gasteiger partial charge in [-0.15, -0.1) is 0 Å². The maximum Gasteiger partial charge on any atom is 0.123 e. The Balaban J connectivity index is 0.000000264. The first-order valence-electron chi connectivity index (χ1n) is 9.37. The van der Waals surface area contributed by atoms with E-state index in [1.807, 2.05) is 19.9 Å². The predicted molar refractivity (Wildman–Crippen MR) is 106 cm³/mol. The minimum absolute atomic E-state index is 0.226. The molecule has 142 valence electrons. The van der Waals surface area contributed by atoms with Crippen molar-refractivity contribution in [1.82, 2.24) is 14.8 Å². The summed E-state index contributed by atoms with van der Waals surface area (Å²) in [6.45, 7) is 10.7. The molecule has 0 bridgehead atoms. The number of nitrogens with zero attached hydrogens (tertiary/aromatic N) is 4. The first-order chi connectivity index (χ1) is 12.1. The third kappa shape index (κ3) is 7.40. The molecule has 25 heavy (non-hydrogen) atoms. The summed E-state index contributed by atoms with van der Waals surface area (Å²) in [5, 5.41) is 0. The second-order valence-corrected chi connectivity index (χ2v) is 6.50. The van der Waals surface area contributed by atoms with E-state index in [4.69, 9.17) is 5.73 Å². The number of hydrogen-bond acceptors (Lipinski definition) is 6. The van der Waals surface area contributed by atoms with Crippen molar-refractivity contribution in [3.63, 3.8) is 0 Å². The van der Waals surface area contributed by atoms with Gasteiger partial charge < -0.3 is 25.2 Å². The van der Waals surface area contributed by atoms with Crippen molar-refractivity contribution in [3.8, 4) is 0 Å². The molecular formula is C19H35N5O. The number of aromatic nitrogens is 1. The quantitative estimate of drug-likeness (QED) is 0.824. The summed E-state index contributed by atoms with van der Waals surface area (Å²) < 4.78 is 0. The van der Waals surface area contributed by atoms with Crippen LogP contribution in [0.3, 0.4) is 0 Å². The molecule has 1 aromatic heterocycles. The van der Waals surface area contributed by atoms with Gasteiger partial charge in [0.05, 0.1) is 17.6 Å². The van der Waals surface area contributed by atoms with E-state index in [2.05, 4.69) is 33.8 Å². The SMILES string of the molecule is CC.CN1CCN(C)CC1.Nc1cnccc1N1CCC(C=O)CC1. The van der Waals surface area contributed by atoms with E-state index in [9.17, 15) is 4.79 Å².